The lowest BCUT2D eigenvalue weighted by atomic mass is 10.2. The van der Waals surface area contributed by atoms with Crippen molar-refractivity contribution in [3.63, 3.8) is 0 Å². The quantitative estimate of drug-likeness (QED) is 0.851. The number of hydrogen-bond donors (Lipinski definition) is 0. The molecule has 1 aromatic carbocycles. The van der Waals surface area contributed by atoms with Crippen molar-refractivity contribution in [3.05, 3.63) is 51.7 Å². The Kier molecular flexibility index (Phi) is 4.06. The van der Waals surface area contributed by atoms with Gasteiger partial charge in [-0.05, 0) is 24.3 Å². The minimum Gasteiger partial charge on any atom is -0.369 e. The Balaban J connectivity index is 1.55. The zero-order valence-electron chi connectivity index (χ0n) is 10.8. The third kappa shape index (κ3) is 3.30. The molecule has 1 saturated heterocycles. The molecule has 0 N–H and O–H groups in total. The van der Waals surface area contributed by atoms with Crippen molar-refractivity contribution >= 4 is 28.6 Å². The summed E-state index contributed by atoms with van der Waals surface area (Å²) in [5.74, 6) is 0. The van der Waals surface area contributed by atoms with E-state index in [9.17, 15) is 0 Å². The SMILES string of the molecule is Clc1ccc(CN2CCN(c3ccccc3)CC2)s1. The van der Waals surface area contributed by atoms with Crippen LogP contribution in [0.1, 0.15) is 4.88 Å². The van der Waals surface area contributed by atoms with E-state index in [0.717, 1.165) is 37.1 Å². The molecule has 4 heteroatoms. The molecule has 0 saturated carbocycles. The summed E-state index contributed by atoms with van der Waals surface area (Å²) in [5.41, 5.74) is 1.33. The highest BCUT2D eigenvalue weighted by atomic mass is 35.5. The first-order chi connectivity index (χ1) is 9.31. The molecule has 2 heterocycles. The van der Waals surface area contributed by atoms with Crippen LogP contribution < -0.4 is 4.90 Å². The number of benzene rings is 1. The molecule has 19 heavy (non-hydrogen) atoms. The number of piperazine rings is 1. The second-order valence-corrected chi connectivity index (χ2v) is 6.60. The summed E-state index contributed by atoms with van der Waals surface area (Å²) >= 11 is 7.66. The summed E-state index contributed by atoms with van der Waals surface area (Å²) in [6.07, 6.45) is 0. The number of rotatable bonds is 3. The molecule has 0 amide bonds. The monoisotopic (exact) mass is 292 g/mol. The number of nitrogens with zero attached hydrogens (tertiary/aromatic N) is 2. The van der Waals surface area contributed by atoms with E-state index in [1.807, 2.05) is 6.07 Å². The molecule has 100 valence electrons. The van der Waals surface area contributed by atoms with Crippen molar-refractivity contribution in [1.29, 1.82) is 0 Å². The van der Waals surface area contributed by atoms with Crippen molar-refractivity contribution in [3.8, 4) is 0 Å². The van der Waals surface area contributed by atoms with Gasteiger partial charge in [0.2, 0.25) is 0 Å². The van der Waals surface area contributed by atoms with Gasteiger partial charge in [-0.3, -0.25) is 4.90 Å². The maximum Gasteiger partial charge on any atom is 0.0931 e. The fourth-order valence-corrected chi connectivity index (χ4v) is 3.59. The summed E-state index contributed by atoms with van der Waals surface area (Å²) < 4.78 is 0.887. The lowest BCUT2D eigenvalue weighted by molar-refractivity contribution is 0.252. The molecule has 0 spiro atoms. The predicted molar refractivity (Wildman–Crippen MR) is 83.3 cm³/mol. The Bertz CT molecular complexity index is 518. The maximum absolute atomic E-state index is 5.97. The molecular weight excluding hydrogens is 276 g/mol. The Morgan fingerprint density at radius 3 is 2.32 bits per heavy atom. The molecule has 0 radical (unpaired) electrons. The average Bonchev–Trinajstić information content (AvgIpc) is 2.86. The van der Waals surface area contributed by atoms with Crippen molar-refractivity contribution < 1.29 is 0 Å². The van der Waals surface area contributed by atoms with Crippen LogP contribution >= 0.6 is 22.9 Å². The third-order valence-corrected chi connectivity index (χ3v) is 4.72. The Morgan fingerprint density at radius 2 is 1.68 bits per heavy atom. The first kappa shape index (κ1) is 13.0. The number of thiophene rings is 1. The van der Waals surface area contributed by atoms with E-state index < -0.39 is 0 Å². The second kappa shape index (κ2) is 5.95. The van der Waals surface area contributed by atoms with E-state index in [4.69, 9.17) is 11.6 Å². The lowest BCUT2D eigenvalue weighted by Gasteiger charge is -2.35. The minimum absolute atomic E-state index is 0.887. The van der Waals surface area contributed by atoms with Gasteiger partial charge in [-0.25, -0.2) is 0 Å². The fourth-order valence-electron chi connectivity index (χ4n) is 2.46. The van der Waals surface area contributed by atoms with Gasteiger partial charge < -0.3 is 4.90 Å². The van der Waals surface area contributed by atoms with Crippen LogP contribution in [0.2, 0.25) is 4.34 Å². The van der Waals surface area contributed by atoms with Crippen molar-refractivity contribution in [1.82, 2.24) is 4.90 Å². The van der Waals surface area contributed by atoms with Crippen LogP contribution in [0.5, 0.6) is 0 Å². The Labute approximate surface area is 123 Å². The van der Waals surface area contributed by atoms with Gasteiger partial charge in [-0.2, -0.15) is 0 Å². The van der Waals surface area contributed by atoms with Crippen molar-refractivity contribution in [2.45, 2.75) is 6.54 Å². The van der Waals surface area contributed by atoms with E-state index in [1.54, 1.807) is 11.3 Å². The maximum atomic E-state index is 5.97. The first-order valence-electron chi connectivity index (χ1n) is 6.58. The zero-order chi connectivity index (χ0) is 13.1. The molecule has 0 bridgehead atoms. The predicted octanol–water partition coefficient (Wildman–Crippen LogP) is 3.72. The fraction of sp³-hybridized carbons (Fsp3) is 0.333. The van der Waals surface area contributed by atoms with Crippen LogP contribution in [-0.2, 0) is 6.54 Å². The van der Waals surface area contributed by atoms with E-state index in [0.29, 0.717) is 0 Å². The van der Waals surface area contributed by atoms with Crippen LogP contribution in [-0.4, -0.2) is 31.1 Å². The Morgan fingerprint density at radius 1 is 0.947 bits per heavy atom. The van der Waals surface area contributed by atoms with Crippen LogP contribution in [0.15, 0.2) is 42.5 Å². The molecule has 3 rings (SSSR count). The van der Waals surface area contributed by atoms with Crippen molar-refractivity contribution in [2.24, 2.45) is 0 Å². The van der Waals surface area contributed by atoms with Gasteiger partial charge in [0.15, 0.2) is 0 Å². The van der Waals surface area contributed by atoms with Crippen LogP contribution in [0.25, 0.3) is 0 Å². The van der Waals surface area contributed by atoms with Gasteiger partial charge in [0.25, 0.3) is 0 Å². The molecular formula is C15H17ClN2S. The smallest absolute Gasteiger partial charge is 0.0931 e. The molecule has 1 aliphatic rings. The number of halogens is 1. The van der Waals surface area contributed by atoms with E-state index in [-0.39, 0.29) is 0 Å². The molecule has 1 fully saturated rings. The lowest BCUT2D eigenvalue weighted by Crippen LogP contribution is -2.45. The summed E-state index contributed by atoms with van der Waals surface area (Å²) in [6, 6.07) is 14.8. The topological polar surface area (TPSA) is 6.48 Å². The molecule has 2 aromatic rings. The second-order valence-electron chi connectivity index (χ2n) is 4.80. The highest BCUT2D eigenvalue weighted by Gasteiger charge is 2.17. The van der Waals surface area contributed by atoms with Crippen LogP contribution in [0, 0.1) is 0 Å². The highest BCUT2D eigenvalue weighted by molar-refractivity contribution is 7.16. The van der Waals surface area contributed by atoms with Gasteiger partial charge in [-0.1, -0.05) is 29.8 Å². The standard InChI is InChI=1S/C15H17ClN2S/c16-15-7-6-14(19-15)12-17-8-10-18(11-9-17)13-4-2-1-3-5-13/h1-7H,8-12H2. The van der Waals surface area contributed by atoms with E-state index in [2.05, 4.69) is 46.2 Å². The van der Waals surface area contributed by atoms with Crippen LogP contribution in [0.3, 0.4) is 0 Å². The summed E-state index contributed by atoms with van der Waals surface area (Å²) in [5, 5.41) is 0. The number of anilines is 1. The van der Waals surface area contributed by atoms with E-state index in [1.165, 1.54) is 10.6 Å². The zero-order valence-corrected chi connectivity index (χ0v) is 12.3. The number of hydrogen-bond acceptors (Lipinski definition) is 3. The van der Waals surface area contributed by atoms with Gasteiger partial charge in [0, 0.05) is 43.3 Å². The van der Waals surface area contributed by atoms with Crippen LogP contribution in [0.4, 0.5) is 5.69 Å². The average molecular weight is 293 g/mol. The van der Waals surface area contributed by atoms with E-state index >= 15 is 0 Å². The molecule has 0 aliphatic carbocycles. The molecule has 0 unspecified atom stereocenters. The molecule has 0 atom stereocenters. The highest BCUT2D eigenvalue weighted by Crippen LogP contribution is 2.23. The number of para-hydroxylation sites is 1. The largest absolute Gasteiger partial charge is 0.369 e. The molecule has 2 nitrogen and oxygen atoms in total. The summed E-state index contributed by atoms with van der Waals surface area (Å²) in [7, 11) is 0. The summed E-state index contributed by atoms with van der Waals surface area (Å²) in [4.78, 5) is 6.32. The Hall–Kier alpha value is -1.03. The van der Waals surface area contributed by atoms with Gasteiger partial charge in [0.1, 0.15) is 0 Å². The normalized spacial score (nSPS) is 16.8. The first-order valence-corrected chi connectivity index (χ1v) is 7.77. The summed E-state index contributed by atoms with van der Waals surface area (Å²) in [6.45, 7) is 5.46. The third-order valence-electron chi connectivity index (χ3n) is 3.50. The minimum atomic E-state index is 0.887. The molecule has 1 aliphatic heterocycles. The van der Waals surface area contributed by atoms with Crippen molar-refractivity contribution in [2.75, 3.05) is 31.1 Å². The van der Waals surface area contributed by atoms with Gasteiger partial charge in [-0.15, -0.1) is 11.3 Å². The molecule has 1 aromatic heterocycles. The van der Waals surface area contributed by atoms with Gasteiger partial charge in [0.05, 0.1) is 4.34 Å². The van der Waals surface area contributed by atoms with Gasteiger partial charge >= 0.3 is 0 Å².